The summed E-state index contributed by atoms with van der Waals surface area (Å²) in [6.45, 7) is 0.871. The summed E-state index contributed by atoms with van der Waals surface area (Å²) in [5, 5.41) is 8.79. The number of carbonyl (C=O) groups excluding carboxylic acids is 1. The summed E-state index contributed by atoms with van der Waals surface area (Å²) < 4.78 is 1.60. The number of thiophene rings is 1. The minimum Gasteiger partial charge on any atom is -0.350 e. The summed E-state index contributed by atoms with van der Waals surface area (Å²) in [7, 11) is 0. The molecule has 0 aliphatic heterocycles. The van der Waals surface area contributed by atoms with Crippen LogP contribution in [0.3, 0.4) is 0 Å². The highest BCUT2D eigenvalue weighted by Crippen LogP contribution is 2.07. The van der Waals surface area contributed by atoms with Gasteiger partial charge in [-0.1, -0.05) is 6.07 Å². The Balaban J connectivity index is 1.78. The molecule has 0 aromatic carbocycles. The van der Waals surface area contributed by atoms with E-state index in [9.17, 15) is 4.79 Å². The Morgan fingerprint density at radius 3 is 3.13 bits per heavy atom. The molecule has 15 heavy (non-hydrogen) atoms. The maximum absolute atomic E-state index is 11.4. The van der Waals surface area contributed by atoms with E-state index in [0.29, 0.717) is 6.54 Å². The molecular weight excluding hydrogens is 210 g/mol. The van der Waals surface area contributed by atoms with Crippen LogP contribution in [0.5, 0.6) is 0 Å². The second kappa shape index (κ2) is 4.75. The fourth-order valence-corrected chi connectivity index (χ4v) is 1.84. The van der Waals surface area contributed by atoms with Gasteiger partial charge in [-0.05, 0) is 17.5 Å². The molecular formula is C10H11N3OS. The van der Waals surface area contributed by atoms with Crippen LogP contribution in [-0.4, -0.2) is 15.7 Å². The predicted molar refractivity (Wildman–Crippen MR) is 58.4 cm³/mol. The molecule has 0 saturated carbocycles. The Kier molecular flexibility index (Phi) is 3.14. The van der Waals surface area contributed by atoms with Gasteiger partial charge >= 0.3 is 0 Å². The van der Waals surface area contributed by atoms with Crippen LogP contribution in [0.1, 0.15) is 4.88 Å². The molecule has 2 rings (SSSR count). The lowest BCUT2D eigenvalue weighted by Gasteiger charge is -2.03. The van der Waals surface area contributed by atoms with E-state index in [2.05, 4.69) is 10.4 Å². The molecule has 1 N–H and O–H groups in total. The van der Waals surface area contributed by atoms with E-state index in [4.69, 9.17) is 0 Å². The van der Waals surface area contributed by atoms with Crippen LogP contribution in [-0.2, 0) is 17.9 Å². The van der Waals surface area contributed by atoms with Crippen molar-refractivity contribution in [2.45, 2.75) is 13.1 Å². The fourth-order valence-electron chi connectivity index (χ4n) is 1.20. The van der Waals surface area contributed by atoms with Gasteiger partial charge in [0, 0.05) is 17.3 Å². The summed E-state index contributed by atoms with van der Waals surface area (Å²) in [5.74, 6) is -0.0212. The van der Waals surface area contributed by atoms with Gasteiger partial charge in [-0.3, -0.25) is 9.48 Å². The number of carbonyl (C=O) groups is 1. The van der Waals surface area contributed by atoms with Gasteiger partial charge < -0.3 is 5.32 Å². The Morgan fingerprint density at radius 1 is 1.53 bits per heavy atom. The van der Waals surface area contributed by atoms with Crippen molar-refractivity contribution in [3.05, 3.63) is 40.8 Å². The number of rotatable bonds is 4. The standard InChI is InChI=1S/C10H11N3OS/c14-10(8-13-5-2-4-12-13)11-7-9-3-1-6-15-9/h1-6H,7-8H2,(H,11,14). The molecule has 0 atom stereocenters. The van der Waals surface area contributed by atoms with Crippen LogP contribution in [0.25, 0.3) is 0 Å². The zero-order chi connectivity index (χ0) is 10.5. The van der Waals surface area contributed by atoms with Gasteiger partial charge in [0.2, 0.25) is 5.91 Å². The first-order chi connectivity index (χ1) is 7.34. The maximum atomic E-state index is 11.4. The molecule has 0 radical (unpaired) electrons. The lowest BCUT2D eigenvalue weighted by molar-refractivity contribution is -0.122. The Labute approximate surface area is 91.5 Å². The van der Waals surface area contributed by atoms with Crippen LogP contribution in [0.4, 0.5) is 0 Å². The fraction of sp³-hybridized carbons (Fsp3) is 0.200. The third kappa shape index (κ3) is 2.92. The summed E-state index contributed by atoms with van der Waals surface area (Å²) in [6, 6.07) is 5.77. The molecule has 0 fully saturated rings. The second-order valence-corrected chi connectivity index (χ2v) is 4.09. The zero-order valence-electron chi connectivity index (χ0n) is 8.09. The quantitative estimate of drug-likeness (QED) is 0.845. The molecule has 0 unspecified atom stereocenters. The average molecular weight is 221 g/mol. The third-order valence-corrected chi connectivity index (χ3v) is 2.78. The van der Waals surface area contributed by atoms with Crippen molar-refractivity contribution in [3.63, 3.8) is 0 Å². The van der Waals surface area contributed by atoms with Crippen molar-refractivity contribution in [1.29, 1.82) is 0 Å². The molecule has 0 aliphatic rings. The van der Waals surface area contributed by atoms with Crippen LogP contribution in [0.2, 0.25) is 0 Å². The first kappa shape index (κ1) is 9.92. The van der Waals surface area contributed by atoms with Crippen molar-refractivity contribution in [1.82, 2.24) is 15.1 Å². The second-order valence-electron chi connectivity index (χ2n) is 3.06. The van der Waals surface area contributed by atoms with E-state index in [0.717, 1.165) is 4.88 Å². The number of amides is 1. The summed E-state index contributed by atoms with van der Waals surface area (Å²) >= 11 is 1.64. The molecule has 78 valence electrons. The van der Waals surface area contributed by atoms with Gasteiger partial charge in [-0.25, -0.2) is 0 Å². The van der Waals surface area contributed by atoms with Gasteiger partial charge in [0.1, 0.15) is 6.54 Å². The molecule has 1 amide bonds. The van der Waals surface area contributed by atoms with E-state index in [-0.39, 0.29) is 12.5 Å². The van der Waals surface area contributed by atoms with E-state index in [1.807, 2.05) is 17.5 Å². The lowest BCUT2D eigenvalue weighted by Crippen LogP contribution is -2.26. The smallest absolute Gasteiger partial charge is 0.242 e. The first-order valence-electron chi connectivity index (χ1n) is 4.61. The van der Waals surface area contributed by atoms with Crippen LogP contribution >= 0.6 is 11.3 Å². The largest absolute Gasteiger partial charge is 0.350 e. The highest BCUT2D eigenvalue weighted by atomic mass is 32.1. The highest BCUT2D eigenvalue weighted by molar-refractivity contribution is 7.09. The molecule has 2 aromatic rings. The zero-order valence-corrected chi connectivity index (χ0v) is 8.91. The van der Waals surface area contributed by atoms with Crippen LogP contribution < -0.4 is 5.32 Å². The molecule has 2 aromatic heterocycles. The van der Waals surface area contributed by atoms with Crippen molar-refractivity contribution in [2.75, 3.05) is 0 Å². The number of hydrogen-bond donors (Lipinski definition) is 1. The minimum atomic E-state index is -0.0212. The van der Waals surface area contributed by atoms with Crippen molar-refractivity contribution < 1.29 is 4.79 Å². The Hall–Kier alpha value is -1.62. The maximum Gasteiger partial charge on any atom is 0.242 e. The van der Waals surface area contributed by atoms with E-state index in [1.165, 1.54) is 0 Å². The molecule has 0 bridgehead atoms. The SMILES string of the molecule is O=C(Cn1cccn1)NCc1cccs1. The van der Waals surface area contributed by atoms with Gasteiger partial charge in [-0.2, -0.15) is 5.10 Å². The lowest BCUT2D eigenvalue weighted by atomic mass is 10.4. The van der Waals surface area contributed by atoms with E-state index in [1.54, 1.807) is 34.5 Å². The number of nitrogens with one attached hydrogen (secondary N) is 1. The Morgan fingerprint density at radius 2 is 2.47 bits per heavy atom. The van der Waals surface area contributed by atoms with Gasteiger partial charge in [0.15, 0.2) is 0 Å². The Bertz CT molecular complexity index is 408. The molecule has 2 heterocycles. The van der Waals surface area contributed by atoms with E-state index >= 15 is 0 Å². The van der Waals surface area contributed by atoms with E-state index < -0.39 is 0 Å². The molecule has 5 heteroatoms. The van der Waals surface area contributed by atoms with Crippen molar-refractivity contribution >= 4 is 17.2 Å². The predicted octanol–water partition coefficient (Wildman–Crippen LogP) is 1.26. The third-order valence-electron chi connectivity index (χ3n) is 1.90. The molecule has 4 nitrogen and oxygen atoms in total. The van der Waals surface area contributed by atoms with Gasteiger partial charge in [0.05, 0.1) is 6.54 Å². The molecule has 0 spiro atoms. The highest BCUT2D eigenvalue weighted by Gasteiger charge is 2.02. The van der Waals surface area contributed by atoms with Crippen molar-refractivity contribution in [2.24, 2.45) is 0 Å². The van der Waals surface area contributed by atoms with Gasteiger partial charge in [0.25, 0.3) is 0 Å². The topological polar surface area (TPSA) is 46.9 Å². The normalized spacial score (nSPS) is 10.1. The number of aromatic nitrogens is 2. The summed E-state index contributed by atoms with van der Waals surface area (Å²) in [4.78, 5) is 12.6. The van der Waals surface area contributed by atoms with Crippen LogP contribution in [0, 0.1) is 0 Å². The average Bonchev–Trinajstić information content (AvgIpc) is 2.86. The number of hydrogen-bond acceptors (Lipinski definition) is 3. The first-order valence-corrected chi connectivity index (χ1v) is 5.49. The molecule has 0 aliphatic carbocycles. The van der Waals surface area contributed by atoms with Crippen molar-refractivity contribution in [3.8, 4) is 0 Å². The summed E-state index contributed by atoms with van der Waals surface area (Å²) in [6.07, 6.45) is 3.43. The van der Waals surface area contributed by atoms with Crippen LogP contribution in [0.15, 0.2) is 36.0 Å². The minimum absolute atomic E-state index is 0.0212. The monoisotopic (exact) mass is 221 g/mol. The summed E-state index contributed by atoms with van der Waals surface area (Å²) in [5.41, 5.74) is 0. The molecule has 0 saturated heterocycles. The van der Waals surface area contributed by atoms with Gasteiger partial charge in [-0.15, -0.1) is 11.3 Å². The number of nitrogens with zero attached hydrogens (tertiary/aromatic N) is 2.